The fourth-order valence-corrected chi connectivity index (χ4v) is 3.31. The fourth-order valence-electron chi connectivity index (χ4n) is 1.35. The first-order valence-corrected chi connectivity index (χ1v) is 7.87. The maximum absolute atomic E-state index is 12.1. The van der Waals surface area contributed by atoms with Crippen molar-refractivity contribution < 1.29 is 18.4 Å². The lowest BCUT2D eigenvalue weighted by molar-refractivity contribution is -0.384. The third-order valence-corrected chi connectivity index (χ3v) is 4.90. The number of nitrogens with one attached hydrogen (secondary N) is 1. The normalized spacial score (nSPS) is 14.7. The minimum Gasteiger partial charge on any atom is -0.392 e. The zero-order chi connectivity index (χ0) is 16.4. The molecule has 0 fully saturated rings. The highest BCUT2D eigenvalue weighted by Crippen LogP contribution is 2.36. The largest absolute Gasteiger partial charge is 0.392 e. The molecule has 0 saturated heterocycles. The second-order valence-corrected chi connectivity index (χ2v) is 6.74. The third kappa shape index (κ3) is 4.25. The van der Waals surface area contributed by atoms with E-state index in [0.717, 1.165) is 12.1 Å². The van der Waals surface area contributed by atoms with Crippen molar-refractivity contribution in [2.24, 2.45) is 5.73 Å². The van der Waals surface area contributed by atoms with Gasteiger partial charge in [-0.25, -0.2) is 13.1 Å². The van der Waals surface area contributed by atoms with Crippen molar-refractivity contribution in [3.05, 3.63) is 32.3 Å². The van der Waals surface area contributed by atoms with Crippen molar-refractivity contribution in [1.29, 1.82) is 0 Å². The molecule has 0 bridgehead atoms. The Hall–Kier alpha value is -0.970. The number of rotatable bonds is 6. The summed E-state index contributed by atoms with van der Waals surface area (Å²) in [7, 11) is -4.13. The van der Waals surface area contributed by atoms with E-state index in [0.29, 0.717) is 0 Å². The van der Waals surface area contributed by atoms with Crippen LogP contribution >= 0.6 is 23.2 Å². The first-order valence-electron chi connectivity index (χ1n) is 5.63. The molecule has 0 spiro atoms. The maximum Gasteiger partial charge on any atom is 0.307 e. The number of benzene rings is 1. The van der Waals surface area contributed by atoms with Crippen LogP contribution < -0.4 is 10.5 Å². The van der Waals surface area contributed by atoms with Crippen LogP contribution in [0.1, 0.15) is 6.92 Å². The van der Waals surface area contributed by atoms with Crippen LogP contribution in [0, 0.1) is 10.1 Å². The third-order valence-electron chi connectivity index (χ3n) is 2.63. The second-order valence-electron chi connectivity index (χ2n) is 4.22. The molecule has 1 aromatic carbocycles. The second kappa shape index (κ2) is 6.86. The zero-order valence-corrected chi connectivity index (χ0v) is 13.1. The summed E-state index contributed by atoms with van der Waals surface area (Å²) >= 11 is 11.4. The van der Waals surface area contributed by atoms with Gasteiger partial charge in [0.25, 0.3) is 0 Å². The van der Waals surface area contributed by atoms with Gasteiger partial charge in [0.15, 0.2) is 0 Å². The molecule has 11 heteroatoms. The van der Waals surface area contributed by atoms with E-state index in [1.165, 1.54) is 6.92 Å². The predicted octanol–water partition coefficient (Wildman–Crippen LogP) is 0.888. The summed E-state index contributed by atoms with van der Waals surface area (Å²) in [6.45, 7) is 1.14. The molecule has 8 nitrogen and oxygen atoms in total. The van der Waals surface area contributed by atoms with Gasteiger partial charge < -0.3 is 10.8 Å². The molecule has 0 aliphatic carbocycles. The molecule has 1 rings (SSSR count). The molecule has 2 atom stereocenters. The standard InChI is InChI=1S/C10H13Cl2N3O5S/c1-5(16)7(13)4-14-21(19,20)8-3-2-6(11)10(9(8)12)15(17)18/h2-3,5,7,14,16H,4,13H2,1H3. The molecule has 2 unspecified atom stereocenters. The average Bonchev–Trinajstić information content (AvgIpc) is 2.35. The van der Waals surface area contributed by atoms with Crippen LogP contribution in [0.25, 0.3) is 0 Å². The minimum atomic E-state index is -4.13. The van der Waals surface area contributed by atoms with Crippen LogP contribution in [0.3, 0.4) is 0 Å². The van der Waals surface area contributed by atoms with Crippen LogP contribution in [0.15, 0.2) is 17.0 Å². The van der Waals surface area contributed by atoms with Crippen molar-refractivity contribution in [1.82, 2.24) is 4.72 Å². The van der Waals surface area contributed by atoms with E-state index in [1.807, 2.05) is 0 Å². The Morgan fingerprint density at radius 2 is 2.05 bits per heavy atom. The van der Waals surface area contributed by atoms with Gasteiger partial charge in [0.1, 0.15) is 14.9 Å². The molecule has 0 saturated carbocycles. The Kier molecular flexibility index (Phi) is 5.91. The lowest BCUT2D eigenvalue weighted by Crippen LogP contribution is -2.43. The zero-order valence-electron chi connectivity index (χ0n) is 10.8. The highest BCUT2D eigenvalue weighted by atomic mass is 35.5. The highest BCUT2D eigenvalue weighted by molar-refractivity contribution is 7.89. The van der Waals surface area contributed by atoms with E-state index < -0.39 is 42.7 Å². The number of nitrogens with zero attached hydrogens (tertiary/aromatic N) is 1. The van der Waals surface area contributed by atoms with Crippen LogP contribution in [0.2, 0.25) is 10.0 Å². The van der Waals surface area contributed by atoms with Gasteiger partial charge in [-0.3, -0.25) is 10.1 Å². The summed E-state index contributed by atoms with van der Waals surface area (Å²) in [6, 6.07) is 1.28. The molecular weight excluding hydrogens is 345 g/mol. The Morgan fingerprint density at radius 3 is 2.52 bits per heavy atom. The number of sulfonamides is 1. The molecule has 0 amide bonds. The van der Waals surface area contributed by atoms with Crippen LogP contribution in [-0.4, -0.2) is 37.1 Å². The van der Waals surface area contributed by atoms with E-state index >= 15 is 0 Å². The maximum atomic E-state index is 12.1. The first kappa shape index (κ1) is 18.1. The molecule has 0 heterocycles. The number of aliphatic hydroxyl groups excluding tert-OH is 1. The Bertz CT molecular complexity index is 650. The number of nitro groups is 1. The van der Waals surface area contributed by atoms with E-state index in [2.05, 4.69) is 4.72 Å². The topological polar surface area (TPSA) is 136 Å². The summed E-state index contributed by atoms with van der Waals surface area (Å²) in [5, 5.41) is 19.2. The SMILES string of the molecule is CC(O)C(N)CNS(=O)(=O)c1ccc(Cl)c([N+](=O)[O-])c1Cl. The van der Waals surface area contributed by atoms with Gasteiger partial charge >= 0.3 is 5.69 Å². The molecule has 21 heavy (non-hydrogen) atoms. The number of hydrogen-bond acceptors (Lipinski definition) is 6. The monoisotopic (exact) mass is 357 g/mol. The van der Waals surface area contributed by atoms with E-state index in [-0.39, 0.29) is 11.6 Å². The van der Waals surface area contributed by atoms with Gasteiger partial charge in [0, 0.05) is 12.6 Å². The van der Waals surface area contributed by atoms with Crippen molar-refractivity contribution >= 4 is 38.9 Å². The van der Waals surface area contributed by atoms with E-state index in [4.69, 9.17) is 28.9 Å². The van der Waals surface area contributed by atoms with Crippen molar-refractivity contribution in [2.75, 3.05) is 6.54 Å². The summed E-state index contributed by atoms with van der Waals surface area (Å²) in [5.41, 5.74) is 4.81. The number of halogens is 2. The number of nitro benzene ring substituents is 1. The van der Waals surface area contributed by atoms with Crippen molar-refractivity contribution in [2.45, 2.75) is 24.0 Å². The van der Waals surface area contributed by atoms with Crippen molar-refractivity contribution in [3.63, 3.8) is 0 Å². The molecule has 0 aromatic heterocycles. The minimum absolute atomic E-state index is 0.257. The van der Waals surface area contributed by atoms with Crippen LogP contribution in [0.4, 0.5) is 5.69 Å². The van der Waals surface area contributed by atoms with Gasteiger partial charge in [-0.1, -0.05) is 23.2 Å². The van der Waals surface area contributed by atoms with E-state index in [9.17, 15) is 23.6 Å². The molecular formula is C10H13Cl2N3O5S. The summed E-state index contributed by atoms with van der Waals surface area (Å²) in [5.74, 6) is 0. The van der Waals surface area contributed by atoms with Crippen LogP contribution in [-0.2, 0) is 10.0 Å². The van der Waals surface area contributed by atoms with Gasteiger partial charge in [0.05, 0.1) is 11.0 Å². The highest BCUT2D eigenvalue weighted by Gasteiger charge is 2.28. The van der Waals surface area contributed by atoms with Gasteiger partial charge in [0.2, 0.25) is 10.0 Å². The molecule has 4 N–H and O–H groups in total. The molecule has 1 aromatic rings. The van der Waals surface area contributed by atoms with Gasteiger partial charge in [-0.15, -0.1) is 0 Å². The molecule has 0 radical (unpaired) electrons. The molecule has 118 valence electrons. The lowest BCUT2D eigenvalue weighted by Gasteiger charge is -2.16. The Labute approximate surface area is 131 Å². The van der Waals surface area contributed by atoms with Gasteiger partial charge in [-0.2, -0.15) is 0 Å². The van der Waals surface area contributed by atoms with Crippen LogP contribution in [0.5, 0.6) is 0 Å². The van der Waals surface area contributed by atoms with Crippen molar-refractivity contribution in [3.8, 4) is 0 Å². The fraction of sp³-hybridized carbons (Fsp3) is 0.400. The number of aliphatic hydroxyl groups is 1. The quantitative estimate of drug-likeness (QED) is 0.510. The number of hydrogen-bond donors (Lipinski definition) is 3. The van der Waals surface area contributed by atoms with Gasteiger partial charge in [-0.05, 0) is 19.1 Å². The summed E-state index contributed by atoms with van der Waals surface area (Å²) in [6.07, 6.45) is -0.928. The first-order chi connectivity index (χ1) is 9.58. The predicted molar refractivity (Wildman–Crippen MR) is 78.0 cm³/mol. The summed E-state index contributed by atoms with van der Waals surface area (Å²) < 4.78 is 26.3. The molecule has 0 aliphatic rings. The molecule has 0 aliphatic heterocycles. The Morgan fingerprint density at radius 1 is 1.48 bits per heavy atom. The Balaban J connectivity index is 3.16. The number of nitrogens with two attached hydrogens (primary N) is 1. The van der Waals surface area contributed by atoms with E-state index in [1.54, 1.807) is 0 Å². The lowest BCUT2D eigenvalue weighted by atomic mass is 10.2. The summed E-state index contributed by atoms with van der Waals surface area (Å²) in [4.78, 5) is 9.49. The average molecular weight is 358 g/mol. The smallest absolute Gasteiger partial charge is 0.307 e.